The largest absolute Gasteiger partial charge is 0.467 e. The molecule has 0 saturated heterocycles. The molecule has 1 heterocycles. The zero-order valence-electron chi connectivity index (χ0n) is 16.7. The maximum absolute atomic E-state index is 13.9. The number of hydrogen-bond acceptors (Lipinski definition) is 4. The van der Waals surface area contributed by atoms with Crippen LogP contribution < -0.4 is 15.4 Å². The number of nitrogens with one attached hydrogen (secondary N) is 2. The van der Waals surface area contributed by atoms with Gasteiger partial charge in [0.1, 0.15) is 11.6 Å². The second kappa shape index (κ2) is 10.8. The third-order valence-electron chi connectivity index (χ3n) is 4.64. The summed E-state index contributed by atoms with van der Waals surface area (Å²) in [4.78, 5) is 4.52. The highest BCUT2D eigenvalue weighted by molar-refractivity contribution is 5.79. The first-order chi connectivity index (χ1) is 14.2. The highest BCUT2D eigenvalue weighted by Gasteiger charge is 2.16. The molecule has 3 rings (SSSR count). The maximum atomic E-state index is 13.9. The number of fused-ring (bicyclic) bond motifs is 1. The molecule has 0 bridgehead atoms. The summed E-state index contributed by atoms with van der Waals surface area (Å²) in [6.07, 6.45) is 0.587. The number of nitrogens with zero attached hydrogens (tertiary/aromatic N) is 1. The number of halogens is 1. The van der Waals surface area contributed by atoms with Crippen molar-refractivity contribution in [1.29, 1.82) is 0 Å². The van der Waals surface area contributed by atoms with Crippen molar-refractivity contribution in [2.24, 2.45) is 4.99 Å². The molecule has 7 heteroatoms. The van der Waals surface area contributed by atoms with Gasteiger partial charge < -0.3 is 25.2 Å². The van der Waals surface area contributed by atoms with Gasteiger partial charge in [0.2, 0.25) is 0 Å². The molecule has 29 heavy (non-hydrogen) atoms. The minimum absolute atomic E-state index is 0.187. The molecule has 0 fully saturated rings. The van der Waals surface area contributed by atoms with E-state index < -0.39 is 6.10 Å². The van der Waals surface area contributed by atoms with Crippen LogP contribution in [0.2, 0.25) is 0 Å². The van der Waals surface area contributed by atoms with Crippen LogP contribution in [0.4, 0.5) is 4.39 Å². The molecule has 3 N–H and O–H groups in total. The van der Waals surface area contributed by atoms with Gasteiger partial charge in [0.05, 0.1) is 12.7 Å². The quantitative estimate of drug-likeness (QED) is 0.469. The van der Waals surface area contributed by atoms with Gasteiger partial charge in [-0.25, -0.2) is 4.39 Å². The fourth-order valence-corrected chi connectivity index (χ4v) is 3.24. The van der Waals surface area contributed by atoms with Crippen molar-refractivity contribution in [2.75, 3.05) is 26.4 Å². The Hall–Kier alpha value is -2.64. The Bertz CT molecular complexity index is 814. The molecule has 1 atom stereocenters. The molecule has 0 saturated carbocycles. The Morgan fingerprint density at radius 2 is 2.07 bits per heavy atom. The zero-order valence-corrected chi connectivity index (χ0v) is 16.7. The standard InChI is InChI=1S/C22H28FN3O3/c1-2-24-22(26-11-9-20(27)16-6-4-3-5-7-16)25-10-8-17-12-19(23)13-18-14-28-15-29-21(17)18/h3-7,12-13,20,27H,2,8-11,14-15H2,1H3,(H2,24,25,26). The van der Waals surface area contributed by atoms with Gasteiger partial charge in [-0.3, -0.25) is 4.99 Å². The van der Waals surface area contributed by atoms with E-state index in [1.165, 1.54) is 12.1 Å². The van der Waals surface area contributed by atoms with Crippen molar-refractivity contribution < 1.29 is 19.0 Å². The highest BCUT2D eigenvalue weighted by Crippen LogP contribution is 2.29. The van der Waals surface area contributed by atoms with E-state index in [2.05, 4.69) is 15.6 Å². The average Bonchev–Trinajstić information content (AvgIpc) is 2.74. The molecule has 0 radical (unpaired) electrons. The van der Waals surface area contributed by atoms with Crippen LogP contribution in [-0.4, -0.2) is 37.5 Å². The minimum Gasteiger partial charge on any atom is -0.467 e. The van der Waals surface area contributed by atoms with Crippen molar-refractivity contribution in [3.05, 3.63) is 65.0 Å². The fourth-order valence-electron chi connectivity index (χ4n) is 3.24. The third-order valence-corrected chi connectivity index (χ3v) is 4.64. The van der Waals surface area contributed by atoms with Gasteiger partial charge in [0.25, 0.3) is 0 Å². The van der Waals surface area contributed by atoms with Gasteiger partial charge >= 0.3 is 0 Å². The monoisotopic (exact) mass is 401 g/mol. The third kappa shape index (κ3) is 6.17. The lowest BCUT2D eigenvalue weighted by molar-refractivity contribution is -0.0172. The highest BCUT2D eigenvalue weighted by atomic mass is 19.1. The fraction of sp³-hybridized carbons (Fsp3) is 0.409. The van der Waals surface area contributed by atoms with Crippen molar-refractivity contribution in [3.8, 4) is 5.75 Å². The van der Waals surface area contributed by atoms with Crippen LogP contribution >= 0.6 is 0 Å². The van der Waals surface area contributed by atoms with E-state index >= 15 is 0 Å². The normalized spacial score (nSPS) is 14.7. The summed E-state index contributed by atoms with van der Waals surface area (Å²) >= 11 is 0. The number of guanidine groups is 1. The second-order valence-corrected chi connectivity index (χ2v) is 6.82. The number of aliphatic hydroxyl groups excluding tert-OH is 1. The number of aliphatic hydroxyl groups is 1. The molecule has 0 aliphatic carbocycles. The van der Waals surface area contributed by atoms with Gasteiger partial charge in [-0.15, -0.1) is 0 Å². The van der Waals surface area contributed by atoms with Crippen LogP contribution in [0.25, 0.3) is 0 Å². The molecule has 0 amide bonds. The van der Waals surface area contributed by atoms with E-state index in [0.717, 1.165) is 23.2 Å². The summed E-state index contributed by atoms with van der Waals surface area (Å²) < 4.78 is 24.6. The van der Waals surface area contributed by atoms with Gasteiger partial charge in [0, 0.05) is 25.2 Å². The van der Waals surface area contributed by atoms with E-state index in [-0.39, 0.29) is 12.6 Å². The molecule has 2 aromatic carbocycles. The van der Waals surface area contributed by atoms with Crippen molar-refractivity contribution in [3.63, 3.8) is 0 Å². The molecule has 1 aliphatic heterocycles. The number of rotatable bonds is 8. The molecule has 6 nitrogen and oxygen atoms in total. The topological polar surface area (TPSA) is 75.1 Å². The van der Waals surface area contributed by atoms with Gasteiger partial charge in [-0.2, -0.15) is 0 Å². The summed E-state index contributed by atoms with van der Waals surface area (Å²) in [6, 6.07) is 12.5. The number of hydrogen-bond donors (Lipinski definition) is 3. The van der Waals surface area contributed by atoms with Gasteiger partial charge in [-0.05, 0) is 43.0 Å². The maximum Gasteiger partial charge on any atom is 0.191 e. The van der Waals surface area contributed by atoms with Crippen molar-refractivity contribution >= 4 is 5.96 Å². The van der Waals surface area contributed by atoms with Gasteiger partial charge in [-0.1, -0.05) is 30.3 Å². The first kappa shape index (κ1) is 21.1. The van der Waals surface area contributed by atoms with Gasteiger partial charge in [0.15, 0.2) is 12.8 Å². The predicted octanol–water partition coefficient (Wildman–Crippen LogP) is 2.91. The molecule has 1 unspecified atom stereocenters. The molecule has 2 aromatic rings. The Morgan fingerprint density at radius 3 is 2.86 bits per heavy atom. The molecule has 0 aromatic heterocycles. The molecule has 1 aliphatic rings. The Balaban J connectivity index is 1.53. The number of ether oxygens (including phenoxy) is 2. The van der Waals surface area contributed by atoms with Crippen LogP contribution in [0.1, 0.15) is 36.1 Å². The van der Waals surface area contributed by atoms with Crippen molar-refractivity contribution in [1.82, 2.24) is 10.6 Å². The van der Waals surface area contributed by atoms with Crippen molar-refractivity contribution in [2.45, 2.75) is 32.5 Å². The van der Waals surface area contributed by atoms with Crippen LogP contribution in [-0.2, 0) is 17.8 Å². The SMILES string of the molecule is CCNC(=NCCC(O)c1ccccc1)NCCc1cc(F)cc2c1OCOC2. The number of benzene rings is 2. The van der Waals surface area contributed by atoms with Crippen LogP contribution in [0.5, 0.6) is 5.75 Å². The zero-order chi connectivity index (χ0) is 20.5. The Morgan fingerprint density at radius 1 is 1.24 bits per heavy atom. The van der Waals surface area contributed by atoms with E-state index in [1.807, 2.05) is 37.3 Å². The van der Waals surface area contributed by atoms with E-state index in [1.54, 1.807) is 0 Å². The lowest BCUT2D eigenvalue weighted by atomic mass is 10.1. The lowest BCUT2D eigenvalue weighted by Crippen LogP contribution is -2.38. The summed E-state index contributed by atoms with van der Waals surface area (Å²) in [7, 11) is 0. The first-order valence-corrected chi connectivity index (χ1v) is 9.94. The minimum atomic E-state index is -0.541. The second-order valence-electron chi connectivity index (χ2n) is 6.82. The Kier molecular flexibility index (Phi) is 7.84. The summed E-state index contributed by atoms with van der Waals surface area (Å²) in [6.45, 7) is 4.33. The van der Waals surface area contributed by atoms with Crippen LogP contribution in [0, 0.1) is 5.82 Å². The summed E-state index contributed by atoms with van der Waals surface area (Å²) in [5.74, 6) is 1.10. The van der Waals surface area contributed by atoms with Crippen LogP contribution in [0.3, 0.4) is 0 Å². The van der Waals surface area contributed by atoms with Crippen LogP contribution in [0.15, 0.2) is 47.5 Å². The first-order valence-electron chi connectivity index (χ1n) is 9.94. The number of aliphatic imine (C=N–C) groups is 1. The predicted molar refractivity (Wildman–Crippen MR) is 110 cm³/mol. The lowest BCUT2D eigenvalue weighted by Gasteiger charge is -2.21. The van der Waals surface area contributed by atoms with E-state index in [4.69, 9.17) is 9.47 Å². The molecule has 156 valence electrons. The summed E-state index contributed by atoms with van der Waals surface area (Å²) in [5, 5.41) is 16.7. The molecular formula is C22H28FN3O3. The smallest absolute Gasteiger partial charge is 0.191 e. The average molecular weight is 401 g/mol. The van der Waals surface area contributed by atoms with E-state index in [0.29, 0.717) is 44.2 Å². The Labute approximate surface area is 170 Å². The molecular weight excluding hydrogens is 373 g/mol. The summed E-state index contributed by atoms with van der Waals surface area (Å²) in [5.41, 5.74) is 2.44. The molecule has 0 spiro atoms. The van der Waals surface area contributed by atoms with E-state index in [9.17, 15) is 9.50 Å².